The molecule has 0 fully saturated rings. The summed E-state index contributed by atoms with van der Waals surface area (Å²) in [7, 11) is 0. The van der Waals surface area contributed by atoms with Crippen molar-refractivity contribution in [1.82, 2.24) is 4.37 Å². The number of hydrogen-bond donors (Lipinski definition) is 1. The number of carbonyl (C=O) groups is 1. The Labute approximate surface area is 189 Å². The normalized spacial score (nSPS) is 11.9. The van der Waals surface area contributed by atoms with Crippen LogP contribution < -0.4 is 5.32 Å². The van der Waals surface area contributed by atoms with Gasteiger partial charge in [-0.1, -0.05) is 41.4 Å². The van der Waals surface area contributed by atoms with Crippen LogP contribution in [0.25, 0.3) is 10.4 Å². The van der Waals surface area contributed by atoms with Crippen LogP contribution >= 0.6 is 57.3 Å². The number of aromatic nitrogens is 1. The Hall–Kier alpha value is -1.42. The predicted octanol–water partition coefficient (Wildman–Crippen LogP) is 7.48. The SMILES string of the molecule is Cc1nsc(-c2cc(F)c(I)cc2Cl)c1NC(=O)O[C@H](C)c1ccccc1Cl. The maximum absolute atomic E-state index is 14.0. The first-order chi connectivity index (χ1) is 13.3. The van der Waals surface area contributed by atoms with Crippen molar-refractivity contribution in [2.24, 2.45) is 0 Å². The third-order valence-corrected chi connectivity index (χ3v) is 6.43. The summed E-state index contributed by atoms with van der Waals surface area (Å²) in [6.45, 7) is 3.47. The number of halogens is 4. The first kappa shape index (κ1) is 21.3. The Morgan fingerprint density at radius 3 is 2.71 bits per heavy atom. The van der Waals surface area contributed by atoms with Gasteiger partial charge < -0.3 is 4.74 Å². The molecule has 1 heterocycles. The molecule has 1 atom stereocenters. The lowest BCUT2D eigenvalue weighted by molar-refractivity contribution is 0.121. The minimum absolute atomic E-state index is 0.371. The maximum atomic E-state index is 14.0. The van der Waals surface area contributed by atoms with E-state index in [2.05, 4.69) is 9.69 Å². The number of anilines is 1. The molecule has 0 saturated carbocycles. The minimum atomic E-state index is -0.668. The molecule has 28 heavy (non-hydrogen) atoms. The van der Waals surface area contributed by atoms with E-state index in [4.69, 9.17) is 27.9 Å². The lowest BCUT2D eigenvalue weighted by Crippen LogP contribution is -2.17. The lowest BCUT2D eigenvalue weighted by atomic mass is 10.1. The zero-order valence-electron chi connectivity index (χ0n) is 14.7. The molecular formula is C19H14Cl2FIN2O2S. The maximum Gasteiger partial charge on any atom is 0.412 e. The number of nitrogens with zero attached hydrogens (tertiary/aromatic N) is 1. The third kappa shape index (κ3) is 4.59. The van der Waals surface area contributed by atoms with Gasteiger partial charge in [-0.2, -0.15) is 4.37 Å². The molecule has 0 aliphatic heterocycles. The molecule has 0 radical (unpaired) electrons. The number of nitrogens with one attached hydrogen (secondary N) is 1. The van der Waals surface area contributed by atoms with Gasteiger partial charge in [-0.25, -0.2) is 9.18 Å². The summed E-state index contributed by atoms with van der Waals surface area (Å²) >= 11 is 15.4. The van der Waals surface area contributed by atoms with Crippen molar-refractivity contribution in [1.29, 1.82) is 0 Å². The predicted molar refractivity (Wildman–Crippen MR) is 120 cm³/mol. The van der Waals surface area contributed by atoms with Crippen molar-refractivity contribution in [3.05, 3.63) is 67.1 Å². The van der Waals surface area contributed by atoms with Crippen LogP contribution in [0.2, 0.25) is 10.0 Å². The number of aryl methyl sites for hydroxylation is 1. The first-order valence-electron chi connectivity index (χ1n) is 8.11. The highest BCUT2D eigenvalue weighted by molar-refractivity contribution is 14.1. The number of hydrogen-bond acceptors (Lipinski definition) is 4. The van der Waals surface area contributed by atoms with Crippen LogP contribution in [0, 0.1) is 16.3 Å². The fourth-order valence-corrected chi connectivity index (χ4v) is 4.69. The van der Waals surface area contributed by atoms with Gasteiger partial charge in [-0.05, 0) is 66.2 Å². The van der Waals surface area contributed by atoms with E-state index in [0.29, 0.717) is 41.0 Å². The lowest BCUT2D eigenvalue weighted by Gasteiger charge is -2.16. The summed E-state index contributed by atoms with van der Waals surface area (Å²) in [6, 6.07) is 10.0. The van der Waals surface area contributed by atoms with Crippen LogP contribution in [-0.2, 0) is 4.74 Å². The van der Waals surface area contributed by atoms with E-state index in [9.17, 15) is 9.18 Å². The van der Waals surface area contributed by atoms with Crippen molar-refractivity contribution in [3.8, 4) is 10.4 Å². The average Bonchev–Trinajstić information content (AvgIpc) is 2.99. The van der Waals surface area contributed by atoms with Crippen molar-refractivity contribution in [2.75, 3.05) is 5.32 Å². The van der Waals surface area contributed by atoms with Crippen molar-refractivity contribution >= 4 is 69.1 Å². The van der Waals surface area contributed by atoms with Crippen LogP contribution in [0.1, 0.15) is 24.3 Å². The smallest absolute Gasteiger partial charge is 0.412 e. The standard InChI is InChI=1S/C19H14Cl2FIN2O2S/c1-9-17(18(28-25-9)12-7-15(22)16(23)8-14(12)21)24-19(26)27-10(2)11-5-3-4-6-13(11)20/h3-8,10H,1-2H3,(H,24,26)/t10-/m1/s1. The zero-order chi connectivity index (χ0) is 20.4. The Morgan fingerprint density at radius 1 is 1.29 bits per heavy atom. The Bertz CT molecular complexity index is 1040. The van der Waals surface area contributed by atoms with Crippen molar-refractivity contribution in [2.45, 2.75) is 20.0 Å². The zero-order valence-corrected chi connectivity index (χ0v) is 19.2. The van der Waals surface area contributed by atoms with Gasteiger partial charge in [0.2, 0.25) is 0 Å². The van der Waals surface area contributed by atoms with Gasteiger partial charge in [0.25, 0.3) is 0 Å². The largest absolute Gasteiger partial charge is 0.441 e. The van der Waals surface area contributed by atoms with Gasteiger partial charge in [-0.15, -0.1) is 0 Å². The average molecular weight is 551 g/mol. The van der Waals surface area contributed by atoms with E-state index >= 15 is 0 Å². The molecule has 146 valence electrons. The van der Waals surface area contributed by atoms with E-state index in [0.717, 1.165) is 11.5 Å². The van der Waals surface area contributed by atoms with Gasteiger partial charge in [0.15, 0.2) is 0 Å². The molecule has 3 aromatic rings. The topological polar surface area (TPSA) is 51.2 Å². The van der Waals surface area contributed by atoms with Crippen molar-refractivity contribution in [3.63, 3.8) is 0 Å². The van der Waals surface area contributed by atoms with E-state index in [-0.39, 0.29) is 0 Å². The van der Waals surface area contributed by atoms with Crippen molar-refractivity contribution < 1.29 is 13.9 Å². The molecule has 0 saturated heterocycles. The van der Waals surface area contributed by atoms with Crippen LogP contribution in [-0.4, -0.2) is 10.5 Å². The van der Waals surface area contributed by atoms with Crippen LogP contribution in [0.3, 0.4) is 0 Å². The number of ether oxygens (including phenoxy) is 1. The number of carbonyl (C=O) groups excluding carboxylic acids is 1. The van der Waals surface area contributed by atoms with E-state index < -0.39 is 18.0 Å². The molecule has 9 heteroatoms. The monoisotopic (exact) mass is 550 g/mol. The first-order valence-corrected chi connectivity index (χ1v) is 10.7. The Kier molecular flexibility index (Phi) is 6.80. The van der Waals surface area contributed by atoms with E-state index in [1.807, 2.05) is 28.7 Å². The summed E-state index contributed by atoms with van der Waals surface area (Å²) in [4.78, 5) is 13.0. The Morgan fingerprint density at radius 2 is 2.00 bits per heavy atom. The third-order valence-electron chi connectivity index (χ3n) is 3.97. The number of benzene rings is 2. The fraction of sp³-hybridized carbons (Fsp3) is 0.158. The second-order valence-corrected chi connectivity index (χ2v) is 8.66. The minimum Gasteiger partial charge on any atom is -0.441 e. The molecule has 1 N–H and O–H groups in total. The molecule has 0 aliphatic rings. The molecule has 2 aromatic carbocycles. The molecule has 1 amide bonds. The van der Waals surface area contributed by atoms with Gasteiger partial charge in [0.1, 0.15) is 11.9 Å². The van der Waals surface area contributed by atoms with Crippen LogP contribution in [0.5, 0.6) is 0 Å². The van der Waals surface area contributed by atoms with Gasteiger partial charge in [-0.3, -0.25) is 5.32 Å². The van der Waals surface area contributed by atoms with E-state index in [1.165, 1.54) is 12.1 Å². The van der Waals surface area contributed by atoms with Gasteiger partial charge >= 0.3 is 6.09 Å². The summed E-state index contributed by atoms with van der Waals surface area (Å²) in [5, 5.41) is 3.58. The molecular weight excluding hydrogens is 537 g/mol. The molecule has 0 spiro atoms. The second kappa shape index (κ2) is 8.94. The quantitative estimate of drug-likeness (QED) is 0.270. The Balaban J connectivity index is 1.84. The highest BCUT2D eigenvalue weighted by atomic mass is 127. The van der Waals surface area contributed by atoms with Gasteiger partial charge in [0.05, 0.1) is 24.9 Å². The molecule has 3 rings (SSSR count). The van der Waals surface area contributed by atoms with Crippen LogP contribution in [0.15, 0.2) is 36.4 Å². The summed E-state index contributed by atoms with van der Waals surface area (Å²) < 4.78 is 24.2. The number of amides is 1. The molecule has 0 bridgehead atoms. The molecule has 0 aliphatic carbocycles. The van der Waals surface area contributed by atoms with E-state index in [1.54, 1.807) is 32.0 Å². The molecule has 4 nitrogen and oxygen atoms in total. The fourth-order valence-electron chi connectivity index (χ4n) is 2.56. The highest BCUT2D eigenvalue weighted by Gasteiger charge is 2.21. The van der Waals surface area contributed by atoms with Crippen LogP contribution in [0.4, 0.5) is 14.9 Å². The van der Waals surface area contributed by atoms with Gasteiger partial charge in [0, 0.05) is 16.1 Å². The molecule has 1 aromatic heterocycles. The highest BCUT2D eigenvalue weighted by Crippen LogP contribution is 2.40. The number of rotatable bonds is 4. The summed E-state index contributed by atoms with van der Waals surface area (Å²) in [5.41, 5.74) is 2.17. The summed E-state index contributed by atoms with van der Waals surface area (Å²) in [6.07, 6.45) is -1.22. The molecule has 0 unspecified atom stereocenters. The summed E-state index contributed by atoms with van der Waals surface area (Å²) in [5.74, 6) is -0.396. The second-order valence-electron chi connectivity index (χ2n) is 5.91.